The molecule has 0 unspecified atom stereocenters. The van der Waals surface area contributed by atoms with Crippen molar-refractivity contribution in [3.05, 3.63) is 5.89 Å². The maximum Gasteiger partial charge on any atom is 0.318 e. The van der Waals surface area contributed by atoms with Crippen molar-refractivity contribution in [2.45, 2.75) is 46.1 Å². The van der Waals surface area contributed by atoms with Crippen LogP contribution in [0.1, 0.15) is 45.4 Å². The molecule has 5 heteroatoms. The fourth-order valence-corrected chi connectivity index (χ4v) is 2.37. The zero-order valence-electron chi connectivity index (χ0n) is 12.6. The van der Waals surface area contributed by atoms with Crippen LogP contribution in [0, 0.1) is 17.8 Å². The normalized spacial score (nSPS) is 18.8. The van der Waals surface area contributed by atoms with Crippen LogP contribution in [-0.4, -0.2) is 29.8 Å². The van der Waals surface area contributed by atoms with Gasteiger partial charge in [0.05, 0.1) is 6.54 Å². The van der Waals surface area contributed by atoms with Crippen molar-refractivity contribution < 1.29 is 4.42 Å². The molecule has 5 nitrogen and oxygen atoms in total. The Bertz CT molecular complexity index is 409. The van der Waals surface area contributed by atoms with E-state index in [4.69, 9.17) is 4.42 Å². The number of aromatic nitrogens is 2. The molecule has 3 rings (SSSR count). The lowest BCUT2D eigenvalue weighted by Gasteiger charge is -2.19. The second-order valence-electron chi connectivity index (χ2n) is 6.79. The van der Waals surface area contributed by atoms with E-state index in [1.165, 1.54) is 25.7 Å². The standard InChI is InChI=1S/C15H26N4O/c1-11(2)7-16-8-14-17-18-15(20-14)19(9-12-3-4-12)10-13-5-6-13/h11-13,16H,3-10H2,1-2H3. The summed E-state index contributed by atoms with van der Waals surface area (Å²) in [5.41, 5.74) is 0. The van der Waals surface area contributed by atoms with Crippen LogP contribution in [-0.2, 0) is 6.54 Å². The lowest BCUT2D eigenvalue weighted by atomic mass is 10.2. The van der Waals surface area contributed by atoms with Gasteiger partial charge in [0.2, 0.25) is 5.89 Å². The van der Waals surface area contributed by atoms with Gasteiger partial charge in [0, 0.05) is 13.1 Å². The second-order valence-corrected chi connectivity index (χ2v) is 6.79. The Hall–Kier alpha value is -1.10. The van der Waals surface area contributed by atoms with E-state index in [9.17, 15) is 0 Å². The van der Waals surface area contributed by atoms with Gasteiger partial charge in [-0.3, -0.25) is 0 Å². The molecule has 112 valence electrons. The molecule has 2 aliphatic rings. The summed E-state index contributed by atoms with van der Waals surface area (Å²) in [6, 6.07) is 0.727. The molecule has 0 aromatic carbocycles. The lowest BCUT2D eigenvalue weighted by Crippen LogP contribution is -2.28. The van der Waals surface area contributed by atoms with Gasteiger partial charge in [-0.2, -0.15) is 0 Å². The highest BCUT2D eigenvalue weighted by molar-refractivity contribution is 5.25. The highest BCUT2D eigenvalue weighted by Crippen LogP contribution is 2.35. The number of nitrogens with zero attached hydrogens (tertiary/aromatic N) is 3. The second kappa shape index (κ2) is 6.12. The van der Waals surface area contributed by atoms with E-state index in [0.29, 0.717) is 18.4 Å². The topological polar surface area (TPSA) is 54.2 Å². The van der Waals surface area contributed by atoms with Gasteiger partial charge in [-0.05, 0) is 50.0 Å². The van der Waals surface area contributed by atoms with Crippen molar-refractivity contribution in [2.24, 2.45) is 17.8 Å². The van der Waals surface area contributed by atoms with E-state index in [1.54, 1.807) is 0 Å². The largest absolute Gasteiger partial charge is 0.407 e. The number of hydrogen-bond acceptors (Lipinski definition) is 5. The first kappa shape index (κ1) is 13.9. The maximum atomic E-state index is 5.83. The Morgan fingerprint density at radius 3 is 2.35 bits per heavy atom. The monoisotopic (exact) mass is 278 g/mol. The Morgan fingerprint density at radius 2 is 1.80 bits per heavy atom. The van der Waals surface area contributed by atoms with Crippen LogP contribution >= 0.6 is 0 Å². The highest BCUT2D eigenvalue weighted by Gasteiger charge is 2.31. The summed E-state index contributed by atoms with van der Waals surface area (Å²) in [7, 11) is 0. The molecule has 0 bridgehead atoms. The molecule has 2 aliphatic carbocycles. The van der Waals surface area contributed by atoms with Crippen LogP contribution in [0.3, 0.4) is 0 Å². The van der Waals surface area contributed by atoms with Crippen molar-refractivity contribution >= 4 is 6.01 Å². The number of rotatable bonds is 9. The Morgan fingerprint density at radius 1 is 1.15 bits per heavy atom. The van der Waals surface area contributed by atoms with Crippen molar-refractivity contribution in [1.29, 1.82) is 0 Å². The summed E-state index contributed by atoms with van der Waals surface area (Å²) in [6.07, 6.45) is 5.44. The third-order valence-corrected chi connectivity index (χ3v) is 3.91. The first-order chi connectivity index (χ1) is 9.70. The maximum absolute atomic E-state index is 5.83. The van der Waals surface area contributed by atoms with Gasteiger partial charge < -0.3 is 14.6 Å². The van der Waals surface area contributed by atoms with E-state index in [1.807, 2.05) is 0 Å². The summed E-state index contributed by atoms with van der Waals surface area (Å²) < 4.78 is 5.83. The summed E-state index contributed by atoms with van der Waals surface area (Å²) in [4.78, 5) is 2.31. The summed E-state index contributed by atoms with van der Waals surface area (Å²) in [5.74, 6) is 3.04. The van der Waals surface area contributed by atoms with Gasteiger partial charge in [-0.1, -0.05) is 18.9 Å². The molecule has 1 heterocycles. The Kier molecular flexibility index (Phi) is 4.24. The molecule has 0 atom stereocenters. The van der Waals surface area contributed by atoms with Crippen LogP contribution in [0.25, 0.3) is 0 Å². The smallest absolute Gasteiger partial charge is 0.318 e. The third kappa shape index (κ3) is 4.20. The molecule has 1 aromatic rings. The molecule has 0 spiro atoms. The molecule has 2 saturated carbocycles. The van der Waals surface area contributed by atoms with E-state index < -0.39 is 0 Å². The van der Waals surface area contributed by atoms with E-state index in [0.717, 1.165) is 37.5 Å². The average molecular weight is 278 g/mol. The number of hydrogen-bond donors (Lipinski definition) is 1. The number of anilines is 1. The molecule has 0 saturated heterocycles. The average Bonchev–Trinajstić information content (AvgIpc) is 3.32. The minimum absolute atomic E-state index is 0.638. The molecule has 20 heavy (non-hydrogen) atoms. The molecule has 1 aromatic heterocycles. The van der Waals surface area contributed by atoms with Gasteiger partial charge in [0.25, 0.3) is 0 Å². The predicted molar refractivity (Wildman–Crippen MR) is 78.5 cm³/mol. The number of nitrogens with one attached hydrogen (secondary N) is 1. The third-order valence-electron chi connectivity index (χ3n) is 3.91. The van der Waals surface area contributed by atoms with Gasteiger partial charge >= 0.3 is 6.01 Å². The minimum Gasteiger partial charge on any atom is -0.407 e. The molecule has 0 aliphatic heterocycles. The first-order valence-corrected chi connectivity index (χ1v) is 7.98. The fraction of sp³-hybridized carbons (Fsp3) is 0.867. The first-order valence-electron chi connectivity index (χ1n) is 7.98. The molecular weight excluding hydrogens is 252 g/mol. The Labute approximate surface area is 121 Å². The molecule has 0 amide bonds. The van der Waals surface area contributed by atoms with E-state index in [2.05, 4.69) is 34.3 Å². The van der Waals surface area contributed by atoms with Crippen molar-refractivity contribution in [2.75, 3.05) is 24.5 Å². The molecule has 1 N–H and O–H groups in total. The van der Waals surface area contributed by atoms with Crippen molar-refractivity contribution in [3.63, 3.8) is 0 Å². The van der Waals surface area contributed by atoms with Crippen molar-refractivity contribution in [1.82, 2.24) is 15.5 Å². The molecule has 0 radical (unpaired) electrons. The van der Waals surface area contributed by atoms with Gasteiger partial charge in [-0.15, -0.1) is 5.10 Å². The van der Waals surface area contributed by atoms with Gasteiger partial charge in [-0.25, -0.2) is 0 Å². The zero-order valence-corrected chi connectivity index (χ0v) is 12.6. The van der Waals surface area contributed by atoms with Crippen LogP contribution in [0.4, 0.5) is 6.01 Å². The SMILES string of the molecule is CC(C)CNCc1nnc(N(CC2CC2)CC2CC2)o1. The lowest BCUT2D eigenvalue weighted by molar-refractivity contribution is 0.443. The van der Waals surface area contributed by atoms with Gasteiger partial charge in [0.15, 0.2) is 0 Å². The van der Waals surface area contributed by atoms with Crippen molar-refractivity contribution in [3.8, 4) is 0 Å². The summed E-state index contributed by atoms with van der Waals surface area (Å²) in [5, 5.41) is 11.8. The van der Waals surface area contributed by atoms with Crippen LogP contribution < -0.4 is 10.2 Å². The van der Waals surface area contributed by atoms with Crippen LogP contribution in [0.2, 0.25) is 0 Å². The zero-order chi connectivity index (χ0) is 13.9. The van der Waals surface area contributed by atoms with Gasteiger partial charge in [0.1, 0.15) is 0 Å². The fourth-order valence-electron chi connectivity index (χ4n) is 2.37. The van der Waals surface area contributed by atoms with Crippen LogP contribution in [0.15, 0.2) is 4.42 Å². The van der Waals surface area contributed by atoms with E-state index in [-0.39, 0.29) is 0 Å². The van der Waals surface area contributed by atoms with E-state index >= 15 is 0 Å². The molecular formula is C15H26N4O. The predicted octanol–water partition coefficient (Wildman–Crippen LogP) is 2.44. The Balaban J connectivity index is 1.54. The highest BCUT2D eigenvalue weighted by atomic mass is 16.4. The quantitative estimate of drug-likeness (QED) is 0.752. The minimum atomic E-state index is 0.638. The summed E-state index contributed by atoms with van der Waals surface area (Å²) >= 11 is 0. The molecule has 2 fully saturated rings. The summed E-state index contributed by atoms with van der Waals surface area (Å²) in [6.45, 7) is 8.23. The van der Waals surface area contributed by atoms with Crippen LogP contribution in [0.5, 0.6) is 0 Å².